The first-order valence-corrected chi connectivity index (χ1v) is 13.2. The minimum absolute atomic E-state index is 0.741. The second-order valence-corrected chi connectivity index (χ2v) is 11.2. The van der Waals surface area contributed by atoms with Gasteiger partial charge in [-0.1, -0.05) is 63.9 Å². The second-order valence-electron chi connectivity index (χ2n) is 11.2. The van der Waals surface area contributed by atoms with Gasteiger partial charge >= 0.3 is 0 Å². The lowest BCUT2D eigenvalue weighted by atomic mass is 9.72. The molecule has 172 valence electrons. The molecule has 2 fully saturated rings. The Hall–Kier alpha value is -1.19. The normalized spacial score (nSPS) is 29.9. The molecular formula is C28H46N3+. The van der Waals surface area contributed by atoms with Crippen molar-refractivity contribution < 1.29 is 4.58 Å². The highest BCUT2D eigenvalue weighted by Gasteiger charge is 2.37. The summed E-state index contributed by atoms with van der Waals surface area (Å²) >= 11 is 0. The van der Waals surface area contributed by atoms with E-state index in [0.29, 0.717) is 0 Å². The van der Waals surface area contributed by atoms with Gasteiger partial charge in [0.15, 0.2) is 18.8 Å². The summed E-state index contributed by atoms with van der Waals surface area (Å²) in [5, 5.41) is 3.80. The van der Waals surface area contributed by atoms with Crippen LogP contribution in [0.4, 0.5) is 0 Å². The van der Waals surface area contributed by atoms with Crippen LogP contribution in [0.15, 0.2) is 30.3 Å². The highest BCUT2D eigenvalue weighted by molar-refractivity contribution is 5.82. The van der Waals surface area contributed by atoms with E-state index in [1.165, 1.54) is 76.7 Å². The van der Waals surface area contributed by atoms with Crippen LogP contribution in [-0.4, -0.2) is 54.0 Å². The maximum absolute atomic E-state index is 3.80. The third-order valence-corrected chi connectivity index (χ3v) is 8.34. The minimum Gasteiger partial charge on any atom is -0.304 e. The average molecular weight is 425 g/mol. The summed E-state index contributed by atoms with van der Waals surface area (Å²) in [5.41, 5.74) is 3.09. The lowest BCUT2D eigenvalue weighted by Crippen LogP contribution is -2.53. The molecule has 1 N–H and O–H groups in total. The van der Waals surface area contributed by atoms with Gasteiger partial charge in [0, 0.05) is 13.0 Å². The van der Waals surface area contributed by atoms with Crippen LogP contribution in [0.5, 0.6) is 0 Å². The lowest BCUT2D eigenvalue weighted by molar-refractivity contribution is -0.550. The Kier molecular flexibility index (Phi) is 8.23. The largest absolute Gasteiger partial charge is 0.304 e. The van der Waals surface area contributed by atoms with Crippen molar-refractivity contribution in [1.82, 2.24) is 10.2 Å². The molecule has 4 bridgehead atoms. The number of nitrogens with one attached hydrogen (secondary N) is 1. The van der Waals surface area contributed by atoms with E-state index in [2.05, 4.69) is 65.9 Å². The Bertz CT molecular complexity index is 710. The smallest absolute Gasteiger partial charge is 0.166 e. The summed E-state index contributed by atoms with van der Waals surface area (Å²) in [5.74, 6) is 3.55. The van der Waals surface area contributed by atoms with Crippen LogP contribution in [0.1, 0.15) is 71.3 Å². The zero-order valence-corrected chi connectivity index (χ0v) is 20.4. The molecule has 2 aliphatic heterocycles. The van der Waals surface area contributed by atoms with E-state index in [0.717, 1.165) is 42.8 Å². The van der Waals surface area contributed by atoms with Crippen molar-refractivity contribution in [2.45, 2.75) is 78.3 Å². The Labute approximate surface area is 191 Å². The monoisotopic (exact) mass is 424 g/mol. The third-order valence-electron chi connectivity index (χ3n) is 8.34. The first kappa shape index (κ1) is 23.0. The van der Waals surface area contributed by atoms with Crippen LogP contribution in [0.3, 0.4) is 0 Å². The van der Waals surface area contributed by atoms with Crippen LogP contribution in [-0.2, 0) is 6.54 Å². The van der Waals surface area contributed by atoms with Gasteiger partial charge in [0.05, 0.1) is 19.1 Å². The van der Waals surface area contributed by atoms with Gasteiger partial charge in [-0.05, 0) is 61.5 Å². The molecule has 1 aromatic rings. The zero-order valence-electron chi connectivity index (χ0n) is 20.4. The number of benzene rings is 1. The molecule has 0 aromatic heterocycles. The van der Waals surface area contributed by atoms with Crippen molar-refractivity contribution in [3.8, 4) is 0 Å². The number of hydrogen-bond acceptors (Lipinski definition) is 2. The van der Waals surface area contributed by atoms with Gasteiger partial charge in [-0.15, -0.1) is 0 Å². The van der Waals surface area contributed by atoms with Crippen LogP contribution in [0.2, 0.25) is 0 Å². The first-order valence-electron chi connectivity index (χ1n) is 13.2. The molecule has 0 spiro atoms. The number of piperazine rings is 1. The van der Waals surface area contributed by atoms with Gasteiger partial charge < -0.3 is 5.32 Å². The SMILES string of the molecule is CC(C)CCN1CC[N+]2=C(CNCc3ccccc3)CC3CCCC(C3)C(C)C[C@H]1C2. The molecule has 0 amide bonds. The fraction of sp³-hybridized carbons (Fsp3) is 0.750. The number of hydrogen-bond donors (Lipinski definition) is 1. The van der Waals surface area contributed by atoms with Gasteiger partial charge in [-0.3, -0.25) is 4.90 Å². The van der Waals surface area contributed by atoms with Gasteiger partial charge in [0.1, 0.15) is 0 Å². The van der Waals surface area contributed by atoms with Gasteiger partial charge in [-0.25, -0.2) is 4.58 Å². The summed E-state index contributed by atoms with van der Waals surface area (Å²) in [6, 6.07) is 11.6. The molecule has 3 unspecified atom stereocenters. The highest BCUT2D eigenvalue weighted by Crippen LogP contribution is 2.38. The Morgan fingerprint density at radius 2 is 1.94 bits per heavy atom. The van der Waals surface area contributed by atoms with E-state index in [9.17, 15) is 0 Å². The average Bonchev–Trinajstić information content (AvgIpc) is 2.78. The van der Waals surface area contributed by atoms with E-state index < -0.39 is 0 Å². The second kappa shape index (κ2) is 11.1. The predicted octanol–water partition coefficient (Wildman–Crippen LogP) is 5.20. The molecule has 1 saturated heterocycles. The maximum atomic E-state index is 3.80. The van der Waals surface area contributed by atoms with E-state index in [-0.39, 0.29) is 0 Å². The van der Waals surface area contributed by atoms with Crippen LogP contribution in [0, 0.1) is 23.7 Å². The quantitative estimate of drug-likeness (QED) is 0.607. The molecule has 31 heavy (non-hydrogen) atoms. The van der Waals surface area contributed by atoms with Gasteiger partial charge in [0.25, 0.3) is 0 Å². The molecule has 4 rings (SSSR count). The molecular weight excluding hydrogens is 378 g/mol. The summed E-state index contributed by atoms with van der Waals surface area (Å²) in [6.07, 6.45) is 9.90. The fourth-order valence-electron chi connectivity index (χ4n) is 6.37. The summed E-state index contributed by atoms with van der Waals surface area (Å²) in [4.78, 5) is 2.85. The van der Waals surface area contributed by atoms with Crippen molar-refractivity contribution in [2.24, 2.45) is 23.7 Å². The van der Waals surface area contributed by atoms with Crippen LogP contribution >= 0.6 is 0 Å². The maximum Gasteiger partial charge on any atom is 0.166 e. The molecule has 0 radical (unpaired) electrons. The molecule has 2 heterocycles. The van der Waals surface area contributed by atoms with Crippen molar-refractivity contribution in [2.75, 3.05) is 32.7 Å². The molecule has 3 aliphatic rings. The van der Waals surface area contributed by atoms with E-state index in [1.807, 2.05) is 0 Å². The topological polar surface area (TPSA) is 18.3 Å². The predicted molar refractivity (Wildman–Crippen MR) is 132 cm³/mol. The van der Waals surface area contributed by atoms with Gasteiger partial charge in [-0.2, -0.15) is 0 Å². The van der Waals surface area contributed by atoms with E-state index in [4.69, 9.17) is 0 Å². The van der Waals surface area contributed by atoms with Crippen molar-refractivity contribution in [3.63, 3.8) is 0 Å². The number of fused-ring (bicyclic) bond motifs is 4. The Balaban J connectivity index is 1.49. The Morgan fingerprint density at radius 3 is 2.74 bits per heavy atom. The molecule has 1 aromatic carbocycles. The molecule has 3 heteroatoms. The van der Waals surface area contributed by atoms with Crippen LogP contribution < -0.4 is 5.32 Å². The van der Waals surface area contributed by atoms with Gasteiger partial charge in [0.2, 0.25) is 0 Å². The standard InChI is InChI=1S/C28H46N3/c1-22(2)12-13-30-14-15-31-21-28(30)16-23(3)26-11-7-10-25(17-26)18-27(31)20-29-19-24-8-5-4-6-9-24/h4-6,8-9,22-23,25-26,28-29H,7,10-21H2,1-3H3/q+1/t23?,25?,26?,28-/m0/s1. The minimum atomic E-state index is 0.741. The zero-order chi connectivity index (χ0) is 21.6. The highest BCUT2D eigenvalue weighted by atomic mass is 15.2. The number of rotatable bonds is 7. The summed E-state index contributed by atoms with van der Waals surface area (Å²) < 4.78 is 2.80. The summed E-state index contributed by atoms with van der Waals surface area (Å²) in [7, 11) is 0. The first-order chi connectivity index (χ1) is 15.1. The summed E-state index contributed by atoms with van der Waals surface area (Å²) in [6.45, 7) is 14.4. The molecule has 1 aliphatic carbocycles. The van der Waals surface area contributed by atoms with Crippen molar-refractivity contribution in [3.05, 3.63) is 35.9 Å². The lowest BCUT2D eigenvalue weighted by Gasteiger charge is -2.41. The van der Waals surface area contributed by atoms with E-state index in [1.54, 1.807) is 5.71 Å². The van der Waals surface area contributed by atoms with E-state index >= 15 is 0 Å². The Morgan fingerprint density at radius 1 is 1.10 bits per heavy atom. The number of nitrogens with zero attached hydrogens (tertiary/aromatic N) is 2. The van der Waals surface area contributed by atoms with Crippen molar-refractivity contribution in [1.29, 1.82) is 0 Å². The van der Waals surface area contributed by atoms with Crippen molar-refractivity contribution >= 4 is 5.71 Å². The van der Waals surface area contributed by atoms with Crippen LogP contribution in [0.25, 0.3) is 0 Å². The molecule has 1 saturated carbocycles. The third kappa shape index (κ3) is 6.42. The fourth-order valence-corrected chi connectivity index (χ4v) is 6.37. The molecule has 3 nitrogen and oxygen atoms in total. The molecule has 4 atom stereocenters.